The van der Waals surface area contributed by atoms with Gasteiger partial charge in [0.05, 0.1) is 13.1 Å². The number of aromatic nitrogens is 3. The van der Waals surface area contributed by atoms with E-state index in [0.29, 0.717) is 19.1 Å². The summed E-state index contributed by atoms with van der Waals surface area (Å²) in [5.74, 6) is 2.04. The van der Waals surface area contributed by atoms with Gasteiger partial charge in [0, 0.05) is 26.1 Å². The van der Waals surface area contributed by atoms with Gasteiger partial charge in [0.1, 0.15) is 5.82 Å². The Balaban J connectivity index is 1.86. The summed E-state index contributed by atoms with van der Waals surface area (Å²) in [6.45, 7) is 6.08. The Morgan fingerprint density at radius 2 is 2.32 bits per heavy atom. The van der Waals surface area contributed by atoms with Crippen LogP contribution in [-0.2, 0) is 24.3 Å². The van der Waals surface area contributed by atoms with Crippen LogP contribution in [0.25, 0.3) is 0 Å². The Morgan fingerprint density at radius 3 is 3.05 bits per heavy atom. The molecule has 1 aromatic heterocycles. The minimum atomic E-state index is 0.0932. The first-order valence-electron chi connectivity index (χ1n) is 7.00. The maximum absolute atomic E-state index is 12.0. The smallest absolute Gasteiger partial charge is 0.236 e. The lowest BCUT2D eigenvalue weighted by Gasteiger charge is -2.18. The van der Waals surface area contributed by atoms with Crippen molar-refractivity contribution in [2.45, 2.75) is 52.2 Å². The monoisotopic (exact) mass is 265 g/mol. The lowest BCUT2D eigenvalue weighted by Crippen LogP contribution is -2.38. The molecule has 0 bridgehead atoms. The highest BCUT2D eigenvalue weighted by Crippen LogP contribution is 2.14. The third kappa shape index (κ3) is 3.32. The second-order valence-corrected chi connectivity index (χ2v) is 5.23. The molecule has 1 aromatic rings. The quantitative estimate of drug-likeness (QED) is 0.817. The van der Waals surface area contributed by atoms with Gasteiger partial charge in [-0.1, -0.05) is 6.92 Å². The molecule has 0 saturated carbocycles. The maximum atomic E-state index is 12.0. The molecule has 0 aromatic carbocycles. The van der Waals surface area contributed by atoms with Crippen molar-refractivity contribution >= 4 is 5.91 Å². The highest BCUT2D eigenvalue weighted by atomic mass is 16.2. The summed E-state index contributed by atoms with van der Waals surface area (Å²) in [4.78, 5) is 13.7. The van der Waals surface area contributed by atoms with Crippen LogP contribution in [0.5, 0.6) is 0 Å². The second-order valence-electron chi connectivity index (χ2n) is 5.23. The molecule has 1 aliphatic rings. The molecule has 1 N–H and O–H groups in total. The summed E-state index contributed by atoms with van der Waals surface area (Å²) in [6, 6.07) is 0.370. The predicted molar refractivity (Wildman–Crippen MR) is 72.6 cm³/mol. The van der Waals surface area contributed by atoms with E-state index in [1.807, 2.05) is 7.05 Å². The van der Waals surface area contributed by atoms with Crippen molar-refractivity contribution in [3.05, 3.63) is 11.6 Å². The number of nitrogens with zero attached hydrogens (tertiary/aromatic N) is 4. The number of likely N-dealkylation sites (N-methyl/N-ethyl adjacent to an activating group) is 1. The van der Waals surface area contributed by atoms with E-state index in [4.69, 9.17) is 0 Å². The number of carbonyl (C=O) groups excluding carboxylic acids is 1. The van der Waals surface area contributed by atoms with Gasteiger partial charge >= 0.3 is 0 Å². The summed E-state index contributed by atoms with van der Waals surface area (Å²) < 4.78 is 2.13. The van der Waals surface area contributed by atoms with E-state index in [-0.39, 0.29) is 5.91 Å². The van der Waals surface area contributed by atoms with Gasteiger partial charge in [0.15, 0.2) is 5.82 Å². The fourth-order valence-electron chi connectivity index (χ4n) is 2.17. The standard InChI is InChI=1S/C13H23N5O/c1-4-10(2)14-8-13(19)17(3)9-12-16-15-11-6-5-7-18(11)12/h10,14H,4-9H2,1-3H3. The average molecular weight is 265 g/mol. The van der Waals surface area contributed by atoms with Gasteiger partial charge in [0.25, 0.3) is 0 Å². The third-order valence-electron chi connectivity index (χ3n) is 3.70. The van der Waals surface area contributed by atoms with Gasteiger partial charge in [-0.3, -0.25) is 4.79 Å². The zero-order valence-electron chi connectivity index (χ0n) is 12.0. The van der Waals surface area contributed by atoms with Gasteiger partial charge in [-0.2, -0.15) is 0 Å². The molecule has 1 aliphatic heterocycles. The molecule has 19 heavy (non-hydrogen) atoms. The summed E-state index contributed by atoms with van der Waals surface area (Å²) in [5, 5.41) is 11.5. The number of nitrogens with one attached hydrogen (secondary N) is 1. The van der Waals surface area contributed by atoms with Crippen LogP contribution in [0, 0.1) is 0 Å². The molecular weight excluding hydrogens is 242 g/mol. The molecule has 0 radical (unpaired) electrons. The molecule has 0 aliphatic carbocycles. The van der Waals surface area contributed by atoms with Gasteiger partial charge in [0.2, 0.25) is 5.91 Å². The van der Waals surface area contributed by atoms with Crippen LogP contribution in [0.4, 0.5) is 0 Å². The first-order valence-corrected chi connectivity index (χ1v) is 7.00. The normalized spacial score (nSPS) is 15.3. The number of carbonyl (C=O) groups is 1. The van der Waals surface area contributed by atoms with Crippen molar-refractivity contribution < 1.29 is 4.79 Å². The van der Waals surface area contributed by atoms with Crippen molar-refractivity contribution in [2.24, 2.45) is 0 Å². The molecule has 6 nitrogen and oxygen atoms in total. The van der Waals surface area contributed by atoms with E-state index in [1.165, 1.54) is 0 Å². The number of aryl methyl sites for hydroxylation is 1. The Labute approximate surface area is 114 Å². The van der Waals surface area contributed by atoms with Crippen LogP contribution in [0.3, 0.4) is 0 Å². The SMILES string of the molecule is CCC(C)NCC(=O)N(C)Cc1nnc2n1CCC2. The molecule has 0 saturated heterocycles. The highest BCUT2D eigenvalue weighted by molar-refractivity contribution is 5.77. The van der Waals surface area contributed by atoms with Crippen LogP contribution >= 0.6 is 0 Å². The minimum absolute atomic E-state index is 0.0932. The van der Waals surface area contributed by atoms with Gasteiger partial charge in [-0.25, -0.2) is 0 Å². The molecule has 2 rings (SSSR count). The van der Waals surface area contributed by atoms with Crippen LogP contribution in [0.2, 0.25) is 0 Å². The van der Waals surface area contributed by atoms with Crippen LogP contribution in [0.1, 0.15) is 38.3 Å². The summed E-state index contributed by atoms with van der Waals surface area (Å²) >= 11 is 0. The highest BCUT2D eigenvalue weighted by Gasteiger charge is 2.19. The van der Waals surface area contributed by atoms with E-state index >= 15 is 0 Å². The molecule has 106 valence electrons. The fraction of sp³-hybridized carbons (Fsp3) is 0.769. The van der Waals surface area contributed by atoms with E-state index in [9.17, 15) is 4.79 Å². The first-order chi connectivity index (χ1) is 9.11. The second kappa shape index (κ2) is 6.14. The zero-order valence-corrected chi connectivity index (χ0v) is 12.0. The predicted octanol–water partition coefficient (Wildman–Crippen LogP) is 0.571. The fourth-order valence-corrected chi connectivity index (χ4v) is 2.17. The molecule has 0 spiro atoms. The summed E-state index contributed by atoms with van der Waals surface area (Å²) in [6.07, 6.45) is 3.15. The van der Waals surface area contributed by atoms with Crippen molar-refractivity contribution in [2.75, 3.05) is 13.6 Å². The van der Waals surface area contributed by atoms with Crippen molar-refractivity contribution in [1.82, 2.24) is 25.0 Å². The lowest BCUT2D eigenvalue weighted by atomic mass is 10.2. The number of fused-ring (bicyclic) bond motifs is 1. The van der Waals surface area contributed by atoms with Crippen LogP contribution in [0.15, 0.2) is 0 Å². The van der Waals surface area contributed by atoms with E-state index < -0.39 is 0 Å². The van der Waals surface area contributed by atoms with Gasteiger partial charge < -0.3 is 14.8 Å². The summed E-state index contributed by atoms with van der Waals surface area (Å²) in [5.41, 5.74) is 0. The molecule has 0 fully saturated rings. The van der Waals surface area contributed by atoms with Crippen molar-refractivity contribution in [1.29, 1.82) is 0 Å². The molecule has 1 unspecified atom stereocenters. The molecule has 2 heterocycles. The number of rotatable bonds is 6. The number of hydrogen-bond acceptors (Lipinski definition) is 4. The largest absolute Gasteiger partial charge is 0.337 e. The van der Waals surface area contributed by atoms with E-state index in [1.54, 1.807) is 4.90 Å². The Morgan fingerprint density at radius 1 is 1.53 bits per heavy atom. The maximum Gasteiger partial charge on any atom is 0.236 e. The molecular formula is C13H23N5O. The Kier molecular flexibility index (Phi) is 4.52. The third-order valence-corrected chi connectivity index (χ3v) is 3.70. The minimum Gasteiger partial charge on any atom is -0.337 e. The number of amides is 1. The lowest BCUT2D eigenvalue weighted by molar-refractivity contribution is -0.129. The first kappa shape index (κ1) is 14.0. The van der Waals surface area contributed by atoms with Crippen LogP contribution < -0.4 is 5.32 Å². The van der Waals surface area contributed by atoms with Gasteiger partial charge in [-0.15, -0.1) is 10.2 Å². The zero-order chi connectivity index (χ0) is 13.8. The van der Waals surface area contributed by atoms with Crippen molar-refractivity contribution in [3.8, 4) is 0 Å². The van der Waals surface area contributed by atoms with Crippen molar-refractivity contribution in [3.63, 3.8) is 0 Å². The summed E-state index contributed by atoms with van der Waals surface area (Å²) in [7, 11) is 1.82. The molecule has 1 atom stereocenters. The molecule has 1 amide bonds. The van der Waals surface area contributed by atoms with Crippen LogP contribution in [-0.4, -0.2) is 45.2 Å². The average Bonchev–Trinajstić information content (AvgIpc) is 3.00. The van der Waals surface area contributed by atoms with E-state index in [2.05, 4.69) is 33.9 Å². The molecule has 6 heteroatoms. The Hall–Kier alpha value is -1.43. The van der Waals surface area contributed by atoms with Gasteiger partial charge in [-0.05, 0) is 19.8 Å². The Bertz CT molecular complexity index is 442. The number of hydrogen-bond donors (Lipinski definition) is 1. The topological polar surface area (TPSA) is 63.1 Å². The van der Waals surface area contributed by atoms with E-state index in [0.717, 1.165) is 37.5 Å².